The summed E-state index contributed by atoms with van der Waals surface area (Å²) in [6.45, 7) is 1.63. The lowest BCUT2D eigenvalue weighted by Crippen LogP contribution is -2.12. The predicted octanol–water partition coefficient (Wildman–Crippen LogP) is 2.92. The van der Waals surface area contributed by atoms with Gasteiger partial charge in [0, 0.05) is 18.1 Å². The number of aromatic nitrogens is 3. The molecule has 0 aliphatic rings. The number of aromatic amines is 1. The summed E-state index contributed by atoms with van der Waals surface area (Å²) in [5.74, 6) is 0.183. The largest absolute Gasteiger partial charge is 0.385 e. The molecule has 1 amide bonds. The van der Waals surface area contributed by atoms with Gasteiger partial charge in [-0.25, -0.2) is 4.98 Å². The number of carbonyl (C=O) groups excluding carboxylic acids is 1. The maximum atomic E-state index is 12.1. The molecule has 3 rings (SSSR count). The van der Waals surface area contributed by atoms with Crippen LogP contribution in [0.4, 0.5) is 5.69 Å². The van der Waals surface area contributed by atoms with Crippen molar-refractivity contribution < 1.29 is 9.90 Å². The zero-order valence-corrected chi connectivity index (χ0v) is 12.4. The van der Waals surface area contributed by atoms with E-state index < -0.39 is 6.10 Å². The first-order valence-corrected chi connectivity index (χ1v) is 7.00. The quantitative estimate of drug-likeness (QED) is 0.693. The number of fused-ring (bicyclic) bond motifs is 1. The number of aliphatic hydroxyl groups is 1. The van der Waals surface area contributed by atoms with Crippen LogP contribution in [0.1, 0.15) is 29.2 Å². The molecule has 112 valence electrons. The highest BCUT2D eigenvalue weighted by Crippen LogP contribution is 2.20. The Morgan fingerprint density at radius 3 is 2.91 bits per heavy atom. The Balaban J connectivity index is 1.86. The van der Waals surface area contributed by atoms with Gasteiger partial charge in [0.05, 0.1) is 21.6 Å². The first-order chi connectivity index (χ1) is 10.5. The molecule has 0 saturated heterocycles. The van der Waals surface area contributed by atoms with Gasteiger partial charge in [-0.15, -0.1) is 0 Å². The highest BCUT2D eigenvalue weighted by molar-refractivity contribution is 6.30. The molecular weight excluding hydrogens is 304 g/mol. The molecule has 0 aliphatic heterocycles. The first kappa shape index (κ1) is 14.5. The van der Waals surface area contributed by atoms with Crippen LogP contribution in [0, 0.1) is 0 Å². The number of imidazole rings is 1. The second kappa shape index (κ2) is 5.75. The predicted molar refractivity (Wildman–Crippen MR) is 83.9 cm³/mol. The summed E-state index contributed by atoms with van der Waals surface area (Å²) in [6, 6.07) is 6.81. The van der Waals surface area contributed by atoms with Crippen molar-refractivity contribution in [3.05, 3.63) is 53.1 Å². The second-order valence-corrected chi connectivity index (χ2v) is 5.31. The smallest absolute Gasteiger partial charge is 0.257 e. The van der Waals surface area contributed by atoms with Gasteiger partial charge in [0.15, 0.2) is 0 Å². The van der Waals surface area contributed by atoms with Crippen LogP contribution in [-0.4, -0.2) is 26.0 Å². The number of pyridine rings is 1. The maximum absolute atomic E-state index is 12.1. The minimum Gasteiger partial charge on any atom is -0.385 e. The fourth-order valence-corrected chi connectivity index (χ4v) is 2.22. The Bertz CT molecular complexity index is 844. The van der Waals surface area contributed by atoms with Crippen LogP contribution in [0.5, 0.6) is 0 Å². The molecule has 0 aliphatic carbocycles. The Labute approximate surface area is 131 Å². The van der Waals surface area contributed by atoms with E-state index in [0.717, 1.165) is 11.0 Å². The van der Waals surface area contributed by atoms with Crippen LogP contribution in [-0.2, 0) is 0 Å². The van der Waals surface area contributed by atoms with E-state index in [-0.39, 0.29) is 5.91 Å². The summed E-state index contributed by atoms with van der Waals surface area (Å²) < 4.78 is 0. The number of halogens is 1. The molecular formula is C15H13ClN4O2. The molecule has 0 fully saturated rings. The number of hydrogen-bond acceptors (Lipinski definition) is 4. The lowest BCUT2D eigenvalue weighted by Gasteiger charge is -2.05. The van der Waals surface area contributed by atoms with Gasteiger partial charge >= 0.3 is 0 Å². The van der Waals surface area contributed by atoms with Crippen molar-refractivity contribution in [3.63, 3.8) is 0 Å². The van der Waals surface area contributed by atoms with Crippen LogP contribution >= 0.6 is 11.6 Å². The molecule has 1 aromatic carbocycles. The summed E-state index contributed by atoms with van der Waals surface area (Å²) >= 11 is 5.82. The third-order valence-electron chi connectivity index (χ3n) is 3.12. The number of rotatable bonds is 3. The van der Waals surface area contributed by atoms with Crippen molar-refractivity contribution in [3.8, 4) is 0 Å². The van der Waals surface area contributed by atoms with E-state index in [1.54, 1.807) is 31.2 Å². The number of benzene rings is 1. The Hall–Kier alpha value is -2.44. The minimum absolute atomic E-state index is 0.301. The van der Waals surface area contributed by atoms with E-state index in [0.29, 0.717) is 22.1 Å². The van der Waals surface area contributed by atoms with Crippen LogP contribution in [0.15, 0.2) is 36.7 Å². The summed E-state index contributed by atoms with van der Waals surface area (Å²) in [7, 11) is 0. The number of hydrogen-bond donors (Lipinski definition) is 3. The molecule has 0 radical (unpaired) electrons. The Morgan fingerprint density at radius 2 is 2.18 bits per heavy atom. The normalized spacial score (nSPS) is 12.3. The lowest BCUT2D eigenvalue weighted by atomic mass is 10.2. The summed E-state index contributed by atoms with van der Waals surface area (Å²) in [4.78, 5) is 23.3. The van der Waals surface area contributed by atoms with Crippen LogP contribution < -0.4 is 5.32 Å². The van der Waals surface area contributed by atoms with Crippen molar-refractivity contribution in [1.29, 1.82) is 0 Å². The molecule has 0 saturated carbocycles. The summed E-state index contributed by atoms with van der Waals surface area (Å²) in [5, 5.41) is 12.7. The van der Waals surface area contributed by atoms with Crippen molar-refractivity contribution in [1.82, 2.24) is 15.0 Å². The number of carbonyl (C=O) groups is 1. The van der Waals surface area contributed by atoms with Crippen molar-refractivity contribution in [2.45, 2.75) is 13.0 Å². The van der Waals surface area contributed by atoms with E-state index in [1.807, 2.05) is 0 Å². The van der Waals surface area contributed by atoms with Gasteiger partial charge in [-0.1, -0.05) is 11.6 Å². The number of amides is 1. The number of nitrogens with zero attached hydrogens (tertiary/aromatic N) is 2. The number of anilines is 1. The fraction of sp³-hybridized carbons (Fsp3) is 0.133. The van der Waals surface area contributed by atoms with Gasteiger partial charge < -0.3 is 15.4 Å². The molecule has 2 aromatic heterocycles. The Kier molecular flexibility index (Phi) is 3.79. The number of nitrogens with one attached hydrogen (secondary N) is 2. The Morgan fingerprint density at radius 1 is 1.36 bits per heavy atom. The average molecular weight is 317 g/mol. The van der Waals surface area contributed by atoms with Gasteiger partial charge in [-0.05, 0) is 31.2 Å². The van der Waals surface area contributed by atoms with Crippen molar-refractivity contribution in [2.75, 3.05) is 5.32 Å². The van der Waals surface area contributed by atoms with Gasteiger partial charge in [0.25, 0.3) is 5.91 Å². The summed E-state index contributed by atoms with van der Waals surface area (Å²) in [6.07, 6.45) is 2.23. The zero-order valence-electron chi connectivity index (χ0n) is 11.7. The third-order valence-corrected chi connectivity index (χ3v) is 3.33. The minimum atomic E-state index is -0.678. The summed E-state index contributed by atoms with van der Waals surface area (Å²) in [5.41, 5.74) is 2.44. The molecule has 3 aromatic rings. The molecule has 3 N–H and O–H groups in total. The molecule has 6 nitrogen and oxygen atoms in total. The van der Waals surface area contributed by atoms with Gasteiger partial charge in [-0.3, -0.25) is 9.78 Å². The molecule has 0 spiro atoms. The van der Waals surface area contributed by atoms with Gasteiger partial charge in [0.2, 0.25) is 0 Å². The van der Waals surface area contributed by atoms with Crippen LogP contribution in [0.2, 0.25) is 5.02 Å². The third kappa shape index (κ3) is 2.93. The van der Waals surface area contributed by atoms with Crippen LogP contribution in [0.3, 0.4) is 0 Å². The SMILES string of the molecule is CC(O)c1nc2ccc(NC(=O)c3cncc(Cl)c3)cc2[nH]1. The molecule has 2 heterocycles. The monoisotopic (exact) mass is 316 g/mol. The molecule has 22 heavy (non-hydrogen) atoms. The highest BCUT2D eigenvalue weighted by atomic mass is 35.5. The molecule has 0 bridgehead atoms. The van der Waals surface area contributed by atoms with E-state index >= 15 is 0 Å². The topological polar surface area (TPSA) is 90.9 Å². The first-order valence-electron chi connectivity index (χ1n) is 6.62. The van der Waals surface area contributed by atoms with Gasteiger partial charge in [0.1, 0.15) is 11.9 Å². The maximum Gasteiger partial charge on any atom is 0.257 e. The highest BCUT2D eigenvalue weighted by Gasteiger charge is 2.10. The second-order valence-electron chi connectivity index (χ2n) is 4.88. The molecule has 7 heteroatoms. The van der Waals surface area contributed by atoms with Gasteiger partial charge in [-0.2, -0.15) is 0 Å². The van der Waals surface area contributed by atoms with Crippen molar-refractivity contribution in [2.24, 2.45) is 0 Å². The fourth-order valence-electron chi connectivity index (χ4n) is 2.04. The van der Waals surface area contributed by atoms with E-state index in [1.165, 1.54) is 12.4 Å². The van der Waals surface area contributed by atoms with E-state index in [2.05, 4.69) is 20.3 Å². The number of aliphatic hydroxyl groups excluding tert-OH is 1. The molecule has 1 unspecified atom stereocenters. The lowest BCUT2D eigenvalue weighted by molar-refractivity contribution is 0.102. The zero-order chi connectivity index (χ0) is 15.7. The standard InChI is InChI=1S/C15H13ClN4O2/c1-8(21)14-19-12-3-2-11(5-13(12)20-14)18-15(22)9-4-10(16)7-17-6-9/h2-8,21H,1H3,(H,18,22)(H,19,20). The van der Waals surface area contributed by atoms with Crippen LogP contribution in [0.25, 0.3) is 11.0 Å². The number of H-pyrrole nitrogens is 1. The average Bonchev–Trinajstić information content (AvgIpc) is 2.90. The van der Waals surface area contributed by atoms with E-state index in [4.69, 9.17) is 11.6 Å². The van der Waals surface area contributed by atoms with Crippen molar-refractivity contribution >= 4 is 34.2 Å². The van der Waals surface area contributed by atoms with E-state index in [9.17, 15) is 9.90 Å². The molecule has 1 atom stereocenters.